The molecule has 0 saturated heterocycles. The lowest BCUT2D eigenvalue weighted by Gasteiger charge is -2.09. The van der Waals surface area contributed by atoms with E-state index >= 15 is 0 Å². The van der Waals surface area contributed by atoms with E-state index in [2.05, 4.69) is 0 Å². The van der Waals surface area contributed by atoms with Gasteiger partial charge in [0.2, 0.25) is 0 Å². The van der Waals surface area contributed by atoms with Crippen molar-refractivity contribution in [3.8, 4) is 0 Å². The molecule has 1 aliphatic rings. The molecule has 10 heteroatoms. The Morgan fingerprint density at radius 1 is 1.16 bits per heavy atom. The average Bonchev–Trinajstić information content (AvgIpc) is 3.16. The van der Waals surface area contributed by atoms with Crippen molar-refractivity contribution in [1.82, 2.24) is 0 Å². The third-order valence-corrected chi connectivity index (χ3v) is 6.34. The molecule has 9 nitrogen and oxygen atoms in total. The van der Waals surface area contributed by atoms with Crippen LogP contribution in [0.3, 0.4) is 0 Å². The minimum absolute atomic E-state index is 0.174. The van der Waals surface area contributed by atoms with Gasteiger partial charge in [-0.3, -0.25) is 10.1 Å². The summed E-state index contributed by atoms with van der Waals surface area (Å²) < 4.78 is 34.0. The zero-order valence-corrected chi connectivity index (χ0v) is 17.2. The molecule has 0 radical (unpaired) electrons. The fraction of sp³-hybridized carbons (Fsp3) is 0.238. The summed E-state index contributed by atoms with van der Waals surface area (Å²) in [7, 11) is -3.85. The van der Waals surface area contributed by atoms with Gasteiger partial charge in [0.1, 0.15) is 17.1 Å². The van der Waals surface area contributed by atoms with Crippen LogP contribution >= 0.6 is 0 Å². The van der Waals surface area contributed by atoms with Gasteiger partial charge >= 0.3 is 11.6 Å². The van der Waals surface area contributed by atoms with Gasteiger partial charge in [0.15, 0.2) is 9.84 Å². The Balaban J connectivity index is 1.64. The highest BCUT2D eigenvalue weighted by molar-refractivity contribution is 7.90. The van der Waals surface area contributed by atoms with Crippen LogP contribution in [0.5, 0.6) is 0 Å². The van der Waals surface area contributed by atoms with Crippen molar-refractivity contribution in [2.45, 2.75) is 30.8 Å². The Kier molecular flexibility index (Phi) is 5.10. The highest BCUT2D eigenvalue weighted by Crippen LogP contribution is 2.29. The minimum atomic E-state index is -3.85. The van der Waals surface area contributed by atoms with Gasteiger partial charge in [-0.15, -0.1) is 0 Å². The van der Waals surface area contributed by atoms with Crippen molar-refractivity contribution >= 4 is 32.5 Å². The Labute approximate surface area is 176 Å². The fourth-order valence-corrected chi connectivity index (χ4v) is 4.57. The van der Waals surface area contributed by atoms with Gasteiger partial charge in [-0.1, -0.05) is 0 Å². The molecule has 1 aliphatic carbocycles. The maximum absolute atomic E-state index is 12.5. The van der Waals surface area contributed by atoms with Crippen LogP contribution in [0.25, 0.3) is 11.0 Å². The zero-order chi connectivity index (χ0) is 22.3. The third-order valence-electron chi connectivity index (χ3n) is 5.19. The number of carbonyl (C=O) groups excluding carboxylic acids is 1. The number of ether oxygens (including phenoxy) is 1. The Morgan fingerprint density at radius 2 is 1.87 bits per heavy atom. The van der Waals surface area contributed by atoms with Crippen molar-refractivity contribution in [2.75, 3.05) is 6.26 Å². The molecule has 31 heavy (non-hydrogen) atoms. The molecule has 0 fully saturated rings. The third kappa shape index (κ3) is 4.06. The van der Waals surface area contributed by atoms with E-state index in [0.29, 0.717) is 16.5 Å². The summed E-state index contributed by atoms with van der Waals surface area (Å²) in [6.07, 6.45) is 3.69. The van der Waals surface area contributed by atoms with Crippen LogP contribution in [0.4, 0.5) is 5.69 Å². The predicted molar refractivity (Wildman–Crippen MR) is 110 cm³/mol. The normalized spacial score (nSPS) is 13.2. The summed E-state index contributed by atoms with van der Waals surface area (Å²) in [6, 6.07) is 8.01. The first-order chi connectivity index (χ1) is 14.6. The van der Waals surface area contributed by atoms with Crippen molar-refractivity contribution in [3.05, 3.63) is 79.2 Å². The first-order valence-electron chi connectivity index (χ1n) is 9.37. The summed E-state index contributed by atoms with van der Waals surface area (Å²) in [5.74, 6) is -0.884. The maximum atomic E-state index is 12.5. The average molecular weight is 443 g/mol. The topological polar surface area (TPSA) is 134 Å². The molecule has 3 aromatic rings. The number of nitrogens with zero attached hydrogens (tertiary/aromatic N) is 1. The zero-order valence-electron chi connectivity index (χ0n) is 16.4. The number of sulfone groups is 1. The molecule has 0 aliphatic heterocycles. The molecular weight excluding hydrogens is 426 g/mol. The molecular formula is C21H17NO8S. The van der Waals surface area contributed by atoms with E-state index in [4.69, 9.17) is 9.15 Å². The number of nitro groups is 1. The first-order valence-corrected chi connectivity index (χ1v) is 11.3. The highest BCUT2D eigenvalue weighted by atomic mass is 32.2. The molecule has 0 N–H and O–H groups in total. The van der Waals surface area contributed by atoms with E-state index < -0.39 is 36.9 Å². The largest absolute Gasteiger partial charge is 0.457 e. The monoisotopic (exact) mass is 443 g/mol. The summed E-state index contributed by atoms with van der Waals surface area (Å²) in [4.78, 5) is 34.3. The number of hydrogen-bond acceptors (Lipinski definition) is 8. The smallest absolute Gasteiger partial charge is 0.338 e. The number of hydrogen-bond donors (Lipinski definition) is 0. The summed E-state index contributed by atoms with van der Waals surface area (Å²) >= 11 is 0. The van der Waals surface area contributed by atoms with Gasteiger partial charge in [-0.05, 0) is 54.7 Å². The van der Waals surface area contributed by atoms with E-state index in [9.17, 15) is 28.1 Å². The van der Waals surface area contributed by atoms with Gasteiger partial charge in [-0.25, -0.2) is 18.0 Å². The van der Waals surface area contributed by atoms with Gasteiger partial charge in [0.05, 0.1) is 10.5 Å². The number of esters is 1. The molecule has 0 spiro atoms. The van der Waals surface area contributed by atoms with Gasteiger partial charge in [-0.2, -0.15) is 0 Å². The van der Waals surface area contributed by atoms with E-state index in [1.165, 1.54) is 6.07 Å². The predicted octanol–water partition coefficient (Wildman–Crippen LogP) is 2.95. The van der Waals surface area contributed by atoms with Gasteiger partial charge in [0.25, 0.3) is 5.69 Å². The Morgan fingerprint density at radius 3 is 2.55 bits per heavy atom. The van der Waals surface area contributed by atoms with Crippen LogP contribution in [-0.4, -0.2) is 25.6 Å². The molecule has 0 atom stereocenters. The number of aryl methyl sites for hydroxylation is 2. The minimum Gasteiger partial charge on any atom is -0.457 e. The van der Waals surface area contributed by atoms with Crippen molar-refractivity contribution < 1.29 is 27.3 Å². The summed E-state index contributed by atoms with van der Waals surface area (Å²) in [5, 5.41) is 11.9. The van der Waals surface area contributed by atoms with E-state index in [1.54, 1.807) is 0 Å². The lowest BCUT2D eigenvalue weighted by molar-refractivity contribution is -0.387. The second-order valence-electron chi connectivity index (χ2n) is 7.35. The van der Waals surface area contributed by atoms with E-state index in [1.807, 2.05) is 12.1 Å². The Bertz CT molecular complexity index is 1400. The quantitative estimate of drug-likeness (QED) is 0.254. The molecule has 0 bridgehead atoms. The lowest BCUT2D eigenvalue weighted by Crippen LogP contribution is -2.10. The lowest BCUT2D eigenvalue weighted by atomic mass is 10.0. The van der Waals surface area contributed by atoms with E-state index in [0.717, 1.165) is 54.8 Å². The van der Waals surface area contributed by atoms with Gasteiger partial charge < -0.3 is 9.15 Å². The van der Waals surface area contributed by atoms with E-state index in [-0.39, 0.29) is 12.2 Å². The van der Waals surface area contributed by atoms with Crippen LogP contribution in [-0.2, 0) is 34.0 Å². The molecule has 0 unspecified atom stereocenters. The molecule has 0 amide bonds. The maximum Gasteiger partial charge on any atom is 0.338 e. The number of nitro benzene ring substituents is 1. The van der Waals surface area contributed by atoms with Crippen LogP contribution in [0.1, 0.15) is 33.5 Å². The highest BCUT2D eigenvalue weighted by Gasteiger charge is 2.24. The molecule has 4 rings (SSSR count). The number of benzene rings is 2. The van der Waals surface area contributed by atoms with Crippen molar-refractivity contribution in [3.63, 3.8) is 0 Å². The molecule has 1 aromatic heterocycles. The van der Waals surface area contributed by atoms with Crippen LogP contribution in [0.2, 0.25) is 0 Å². The SMILES string of the molecule is CS(=O)(=O)c1ccc(C(=O)OCc2cc(=O)oc3cc4c(cc23)CCC4)cc1[N+](=O)[O-]. The van der Waals surface area contributed by atoms with Gasteiger partial charge in [0, 0.05) is 29.3 Å². The summed E-state index contributed by atoms with van der Waals surface area (Å²) in [5.41, 5.74) is 1.68. The van der Waals surface area contributed by atoms with Crippen LogP contribution in [0, 0.1) is 10.1 Å². The molecule has 1 heterocycles. The second kappa shape index (κ2) is 7.62. The summed E-state index contributed by atoms with van der Waals surface area (Å²) in [6.45, 7) is -0.249. The fourth-order valence-electron chi connectivity index (χ4n) is 3.74. The number of fused-ring (bicyclic) bond motifs is 2. The Hall–Kier alpha value is -3.53. The first kappa shape index (κ1) is 20.7. The van der Waals surface area contributed by atoms with Crippen LogP contribution in [0.15, 0.2) is 50.5 Å². The van der Waals surface area contributed by atoms with Crippen molar-refractivity contribution in [1.29, 1.82) is 0 Å². The second-order valence-corrected chi connectivity index (χ2v) is 9.33. The molecule has 0 saturated carbocycles. The standard InChI is InChI=1S/C21H17NO8S/c1-31(27,28)19-6-5-14(8-17(19)22(25)26)21(24)29-11-15-10-20(23)30-18-9-13-4-2-3-12(13)7-16(15)18/h5-10H,2-4,11H2,1H3. The van der Waals surface area contributed by atoms with Crippen LogP contribution < -0.4 is 5.63 Å². The molecule has 2 aromatic carbocycles. The molecule has 160 valence electrons. The number of carbonyl (C=O) groups is 1. The number of rotatable bonds is 5. The van der Waals surface area contributed by atoms with Crippen molar-refractivity contribution in [2.24, 2.45) is 0 Å².